The Morgan fingerprint density at radius 1 is 1.41 bits per heavy atom. The summed E-state index contributed by atoms with van der Waals surface area (Å²) in [5, 5.41) is 8.78. The molecule has 5 heteroatoms. The van der Waals surface area contributed by atoms with E-state index in [2.05, 4.69) is 40.0 Å². The van der Waals surface area contributed by atoms with Gasteiger partial charge in [-0.15, -0.1) is 10.2 Å². The largest absolute Gasteiger partial charge is 0.313 e. The number of nitrogens with zero attached hydrogens (tertiary/aromatic N) is 3. The number of benzene rings is 1. The standard InChI is InChI=1S/C12H13BrClN3/c1-8(2)6-17-7-15-16-12(17)10-4-3-9(13)5-11(10)14/h3-5,7-8H,6H2,1-2H3. The zero-order chi connectivity index (χ0) is 12.4. The number of halogens is 2. The molecule has 0 radical (unpaired) electrons. The van der Waals surface area contributed by atoms with Gasteiger partial charge in [-0.25, -0.2) is 0 Å². The Bertz CT molecular complexity index is 522. The average Bonchev–Trinajstić information content (AvgIpc) is 2.65. The third-order valence-electron chi connectivity index (χ3n) is 2.35. The zero-order valence-electron chi connectivity index (χ0n) is 9.69. The number of aromatic nitrogens is 3. The number of rotatable bonds is 3. The molecule has 3 nitrogen and oxygen atoms in total. The summed E-state index contributed by atoms with van der Waals surface area (Å²) in [5.41, 5.74) is 0.910. The van der Waals surface area contributed by atoms with E-state index in [1.807, 2.05) is 22.8 Å². The van der Waals surface area contributed by atoms with Crippen LogP contribution >= 0.6 is 27.5 Å². The van der Waals surface area contributed by atoms with Crippen LogP contribution in [-0.4, -0.2) is 14.8 Å². The molecule has 2 aromatic rings. The van der Waals surface area contributed by atoms with Crippen molar-refractivity contribution in [2.24, 2.45) is 5.92 Å². The molecule has 0 N–H and O–H groups in total. The van der Waals surface area contributed by atoms with E-state index >= 15 is 0 Å². The van der Waals surface area contributed by atoms with Crippen LogP contribution in [0.2, 0.25) is 5.02 Å². The topological polar surface area (TPSA) is 30.7 Å². The van der Waals surface area contributed by atoms with Gasteiger partial charge in [-0.2, -0.15) is 0 Å². The third kappa shape index (κ3) is 2.87. The third-order valence-corrected chi connectivity index (χ3v) is 3.16. The Morgan fingerprint density at radius 3 is 2.82 bits per heavy atom. The fraction of sp³-hybridized carbons (Fsp3) is 0.333. The van der Waals surface area contributed by atoms with Crippen LogP contribution < -0.4 is 0 Å². The minimum Gasteiger partial charge on any atom is -0.313 e. The van der Waals surface area contributed by atoms with Crippen molar-refractivity contribution >= 4 is 27.5 Å². The summed E-state index contributed by atoms with van der Waals surface area (Å²) in [6.07, 6.45) is 1.74. The molecule has 0 aliphatic heterocycles. The van der Waals surface area contributed by atoms with Gasteiger partial charge in [0, 0.05) is 16.6 Å². The zero-order valence-corrected chi connectivity index (χ0v) is 12.0. The molecule has 0 aliphatic rings. The van der Waals surface area contributed by atoms with Crippen LogP contribution in [-0.2, 0) is 6.54 Å². The lowest BCUT2D eigenvalue weighted by atomic mass is 10.2. The lowest BCUT2D eigenvalue weighted by molar-refractivity contribution is 0.525. The first-order valence-corrected chi connectivity index (χ1v) is 6.58. The second kappa shape index (κ2) is 5.19. The maximum atomic E-state index is 6.22. The van der Waals surface area contributed by atoms with Gasteiger partial charge in [0.15, 0.2) is 5.82 Å². The molecular weight excluding hydrogens is 302 g/mol. The normalized spacial score (nSPS) is 11.1. The highest BCUT2D eigenvalue weighted by molar-refractivity contribution is 9.10. The van der Waals surface area contributed by atoms with E-state index in [0.717, 1.165) is 22.4 Å². The molecule has 1 heterocycles. The molecule has 0 saturated carbocycles. The van der Waals surface area contributed by atoms with E-state index in [4.69, 9.17) is 11.6 Å². The van der Waals surface area contributed by atoms with Crippen molar-refractivity contribution in [3.05, 3.63) is 34.0 Å². The highest BCUT2D eigenvalue weighted by Gasteiger charge is 2.11. The molecular formula is C12H13BrClN3. The van der Waals surface area contributed by atoms with Crippen molar-refractivity contribution in [1.82, 2.24) is 14.8 Å². The van der Waals surface area contributed by atoms with Crippen LogP contribution in [0.25, 0.3) is 11.4 Å². The molecule has 0 spiro atoms. The van der Waals surface area contributed by atoms with Gasteiger partial charge in [-0.3, -0.25) is 0 Å². The highest BCUT2D eigenvalue weighted by Crippen LogP contribution is 2.29. The van der Waals surface area contributed by atoms with Crippen LogP contribution in [0.3, 0.4) is 0 Å². The maximum Gasteiger partial charge on any atom is 0.165 e. The summed E-state index contributed by atoms with van der Waals surface area (Å²) in [6, 6.07) is 5.77. The number of hydrogen-bond acceptors (Lipinski definition) is 2. The Labute approximate surface area is 114 Å². The summed E-state index contributed by atoms with van der Waals surface area (Å²) < 4.78 is 2.99. The van der Waals surface area contributed by atoms with Crippen molar-refractivity contribution in [2.75, 3.05) is 0 Å². The molecule has 1 aromatic heterocycles. The summed E-state index contributed by atoms with van der Waals surface area (Å²) >= 11 is 9.61. The van der Waals surface area contributed by atoms with Crippen LogP contribution in [0.15, 0.2) is 29.0 Å². The van der Waals surface area contributed by atoms with Gasteiger partial charge in [-0.1, -0.05) is 41.4 Å². The SMILES string of the molecule is CC(C)Cn1cnnc1-c1ccc(Br)cc1Cl. The number of hydrogen-bond donors (Lipinski definition) is 0. The summed E-state index contributed by atoms with van der Waals surface area (Å²) in [5.74, 6) is 1.36. The van der Waals surface area contributed by atoms with Gasteiger partial charge in [0.25, 0.3) is 0 Å². The lowest BCUT2D eigenvalue weighted by Gasteiger charge is -2.10. The minimum atomic E-state index is 0.541. The van der Waals surface area contributed by atoms with Crippen LogP contribution in [0.1, 0.15) is 13.8 Å². The van der Waals surface area contributed by atoms with E-state index in [0.29, 0.717) is 10.9 Å². The quantitative estimate of drug-likeness (QED) is 0.857. The summed E-state index contributed by atoms with van der Waals surface area (Å²) in [7, 11) is 0. The van der Waals surface area contributed by atoms with Crippen LogP contribution in [0.4, 0.5) is 0 Å². The minimum absolute atomic E-state index is 0.541. The molecule has 1 aromatic carbocycles. The molecule has 0 aliphatic carbocycles. The Balaban J connectivity index is 2.42. The first-order chi connectivity index (χ1) is 8.08. The van der Waals surface area contributed by atoms with Crippen molar-refractivity contribution in [3.63, 3.8) is 0 Å². The van der Waals surface area contributed by atoms with E-state index in [-0.39, 0.29) is 0 Å². The molecule has 0 saturated heterocycles. The Morgan fingerprint density at radius 2 is 2.18 bits per heavy atom. The molecule has 0 atom stereocenters. The van der Waals surface area contributed by atoms with Crippen molar-refractivity contribution in [3.8, 4) is 11.4 Å². The van der Waals surface area contributed by atoms with E-state index in [9.17, 15) is 0 Å². The molecule has 17 heavy (non-hydrogen) atoms. The fourth-order valence-electron chi connectivity index (χ4n) is 1.66. The summed E-state index contributed by atoms with van der Waals surface area (Å²) in [6.45, 7) is 5.20. The molecule has 2 rings (SSSR count). The van der Waals surface area contributed by atoms with Gasteiger partial charge < -0.3 is 4.57 Å². The lowest BCUT2D eigenvalue weighted by Crippen LogP contribution is -2.05. The molecule has 90 valence electrons. The van der Waals surface area contributed by atoms with E-state index in [1.165, 1.54) is 0 Å². The van der Waals surface area contributed by atoms with E-state index < -0.39 is 0 Å². The summed E-state index contributed by atoms with van der Waals surface area (Å²) in [4.78, 5) is 0. The second-order valence-electron chi connectivity index (χ2n) is 4.32. The fourth-order valence-corrected chi connectivity index (χ4v) is 2.42. The predicted octanol–water partition coefficient (Wildman–Crippen LogP) is 4.02. The van der Waals surface area contributed by atoms with Crippen molar-refractivity contribution < 1.29 is 0 Å². The van der Waals surface area contributed by atoms with Gasteiger partial charge in [-0.05, 0) is 24.1 Å². The van der Waals surface area contributed by atoms with E-state index in [1.54, 1.807) is 6.33 Å². The average molecular weight is 315 g/mol. The predicted molar refractivity (Wildman–Crippen MR) is 73.0 cm³/mol. The maximum absolute atomic E-state index is 6.22. The van der Waals surface area contributed by atoms with Gasteiger partial charge >= 0.3 is 0 Å². The molecule has 0 bridgehead atoms. The van der Waals surface area contributed by atoms with Gasteiger partial charge in [0.2, 0.25) is 0 Å². The molecule has 0 unspecified atom stereocenters. The van der Waals surface area contributed by atoms with Crippen molar-refractivity contribution in [1.29, 1.82) is 0 Å². The smallest absolute Gasteiger partial charge is 0.165 e. The Kier molecular flexibility index (Phi) is 3.84. The molecule has 0 amide bonds. The first-order valence-electron chi connectivity index (χ1n) is 5.41. The second-order valence-corrected chi connectivity index (χ2v) is 5.65. The van der Waals surface area contributed by atoms with Crippen LogP contribution in [0.5, 0.6) is 0 Å². The molecule has 0 fully saturated rings. The van der Waals surface area contributed by atoms with Gasteiger partial charge in [0.1, 0.15) is 6.33 Å². The Hall–Kier alpha value is -0.870. The van der Waals surface area contributed by atoms with Gasteiger partial charge in [0.05, 0.1) is 5.02 Å². The monoisotopic (exact) mass is 313 g/mol. The van der Waals surface area contributed by atoms with Crippen LogP contribution in [0, 0.1) is 5.92 Å². The van der Waals surface area contributed by atoms with Crippen molar-refractivity contribution in [2.45, 2.75) is 20.4 Å². The first kappa shape index (κ1) is 12.6. The highest BCUT2D eigenvalue weighted by atomic mass is 79.9.